The van der Waals surface area contributed by atoms with Gasteiger partial charge in [-0.3, -0.25) is 4.90 Å². The number of piperazine rings is 1. The lowest BCUT2D eigenvalue weighted by atomic mass is 9.90. The molecule has 0 amide bonds. The van der Waals surface area contributed by atoms with E-state index in [2.05, 4.69) is 31.0 Å². The van der Waals surface area contributed by atoms with E-state index < -0.39 is 0 Å². The van der Waals surface area contributed by atoms with Gasteiger partial charge < -0.3 is 10.1 Å². The predicted octanol–water partition coefficient (Wildman–Crippen LogP) is 2.27. The second-order valence-corrected chi connectivity index (χ2v) is 6.18. The maximum atomic E-state index is 5.54. The zero-order valence-electron chi connectivity index (χ0n) is 12.4. The number of nitrogens with zero attached hydrogens (tertiary/aromatic N) is 1. The minimum atomic E-state index is 0.358. The van der Waals surface area contributed by atoms with Gasteiger partial charge in [0.2, 0.25) is 0 Å². The molecule has 3 nitrogen and oxygen atoms in total. The van der Waals surface area contributed by atoms with Gasteiger partial charge in [-0.2, -0.15) is 0 Å². The molecule has 0 aromatic heterocycles. The maximum absolute atomic E-state index is 5.54. The molecule has 0 bridgehead atoms. The Hall–Kier alpha value is -0.120. The van der Waals surface area contributed by atoms with Crippen LogP contribution in [0.4, 0.5) is 0 Å². The van der Waals surface area contributed by atoms with E-state index in [1.807, 2.05) is 0 Å². The van der Waals surface area contributed by atoms with Crippen LogP contribution in [0.2, 0.25) is 0 Å². The summed E-state index contributed by atoms with van der Waals surface area (Å²) in [6, 6.07) is 0.710. The van der Waals surface area contributed by atoms with Gasteiger partial charge in [-0.05, 0) is 39.0 Å². The molecule has 106 valence electrons. The van der Waals surface area contributed by atoms with Gasteiger partial charge in [-0.1, -0.05) is 13.3 Å². The summed E-state index contributed by atoms with van der Waals surface area (Å²) >= 11 is 0. The first kappa shape index (κ1) is 14.3. The van der Waals surface area contributed by atoms with Crippen molar-refractivity contribution in [1.29, 1.82) is 0 Å². The number of nitrogens with one attached hydrogen (secondary N) is 1. The lowest BCUT2D eigenvalue weighted by molar-refractivity contribution is 0.0382. The number of ether oxygens (including phenoxy) is 1. The van der Waals surface area contributed by atoms with Crippen molar-refractivity contribution in [1.82, 2.24) is 10.2 Å². The van der Waals surface area contributed by atoms with Gasteiger partial charge in [0.1, 0.15) is 0 Å². The van der Waals surface area contributed by atoms with E-state index in [4.69, 9.17) is 4.74 Å². The van der Waals surface area contributed by atoms with Gasteiger partial charge in [0.15, 0.2) is 0 Å². The molecule has 3 heteroatoms. The minimum Gasteiger partial charge on any atom is -0.380 e. The molecule has 2 aliphatic rings. The summed E-state index contributed by atoms with van der Waals surface area (Å²) in [5.74, 6) is 0.912. The molecule has 2 unspecified atom stereocenters. The molecular weight excluding hydrogens is 224 g/mol. The van der Waals surface area contributed by atoms with Gasteiger partial charge in [-0.25, -0.2) is 0 Å². The highest BCUT2D eigenvalue weighted by molar-refractivity contribution is 5.03. The molecule has 0 aromatic carbocycles. The largest absolute Gasteiger partial charge is 0.380 e. The standard InChI is InChI=1S/C15H30N2O/c1-4-6-14-11-16-15(3,13-7-8-13)12-17(14)9-10-18-5-2/h13-14,16H,4-12H2,1-3H3. The number of hydrogen-bond acceptors (Lipinski definition) is 3. The van der Waals surface area contributed by atoms with Gasteiger partial charge in [0, 0.05) is 37.8 Å². The molecule has 0 spiro atoms. The molecule has 2 atom stereocenters. The van der Waals surface area contributed by atoms with Gasteiger partial charge in [0.05, 0.1) is 6.61 Å². The Kier molecular flexibility index (Phi) is 5.05. The van der Waals surface area contributed by atoms with E-state index in [0.29, 0.717) is 11.6 Å². The van der Waals surface area contributed by atoms with Crippen LogP contribution in [0.15, 0.2) is 0 Å². The smallest absolute Gasteiger partial charge is 0.0593 e. The van der Waals surface area contributed by atoms with E-state index >= 15 is 0 Å². The van der Waals surface area contributed by atoms with E-state index in [1.54, 1.807) is 0 Å². The fraction of sp³-hybridized carbons (Fsp3) is 1.00. The summed E-state index contributed by atoms with van der Waals surface area (Å²) in [6.45, 7) is 12.0. The van der Waals surface area contributed by atoms with Crippen molar-refractivity contribution in [3.05, 3.63) is 0 Å². The molecule has 0 aromatic rings. The van der Waals surface area contributed by atoms with Crippen molar-refractivity contribution in [2.75, 3.05) is 32.8 Å². The van der Waals surface area contributed by atoms with Crippen LogP contribution in [-0.4, -0.2) is 49.3 Å². The normalized spacial score (nSPS) is 33.8. The monoisotopic (exact) mass is 254 g/mol. The maximum Gasteiger partial charge on any atom is 0.0593 e. The summed E-state index contributed by atoms with van der Waals surface area (Å²) in [7, 11) is 0. The number of rotatable bonds is 7. The zero-order chi connectivity index (χ0) is 13.0. The van der Waals surface area contributed by atoms with Crippen molar-refractivity contribution in [3.8, 4) is 0 Å². The highest BCUT2D eigenvalue weighted by Gasteiger charge is 2.45. The topological polar surface area (TPSA) is 24.5 Å². The molecule has 1 saturated heterocycles. The fourth-order valence-corrected chi connectivity index (χ4v) is 3.29. The molecule has 2 fully saturated rings. The fourth-order valence-electron chi connectivity index (χ4n) is 3.29. The molecule has 18 heavy (non-hydrogen) atoms. The number of hydrogen-bond donors (Lipinski definition) is 1. The van der Waals surface area contributed by atoms with Crippen LogP contribution in [0.5, 0.6) is 0 Å². The molecule has 1 aliphatic carbocycles. The van der Waals surface area contributed by atoms with Crippen molar-refractivity contribution in [2.24, 2.45) is 5.92 Å². The third-order valence-corrected chi connectivity index (χ3v) is 4.62. The molecule has 2 rings (SSSR count). The molecular formula is C15H30N2O. The molecule has 1 N–H and O–H groups in total. The predicted molar refractivity (Wildman–Crippen MR) is 75.9 cm³/mol. The van der Waals surface area contributed by atoms with Gasteiger partial charge >= 0.3 is 0 Å². The molecule has 1 aliphatic heterocycles. The lowest BCUT2D eigenvalue weighted by Gasteiger charge is -2.46. The molecule has 1 heterocycles. The Bertz CT molecular complexity index is 255. The average Bonchev–Trinajstić information content (AvgIpc) is 3.18. The van der Waals surface area contributed by atoms with Crippen molar-refractivity contribution in [2.45, 2.75) is 58.0 Å². The lowest BCUT2D eigenvalue weighted by Crippen LogP contribution is -2.64. The Morgan fingerprint density at radius 2 is 2.11 bits per heavy atom. The second kappa shape index (κ2) is 6.36. The summed E-state index contributed by atoms with van der Waals surface area (Å²) < 4.78 is 5.54. The third-order valence-electron chi connectivity index (χ3n) is 4.62. The van der Waals surface area contributed by atoms with Crippen LogP contribution in [0.1, 0.15) is 46.5 Å². The Labute approximate surface area is 112 Å². The second-order valence-electron chi connectivity index (χ2n) is 6.18. The van der Waals surface area contributed by atoms with Crippen LogP contribution in [0, 0.1) is 5.92 Å². The van der Waals surface area contributed by atoms with Crippen molar-refractivity contribution in [3.63, 3.8) is 0 Å². The summed E-state index contributed by atoms with van der Waals surface area (Å²) in [5.41, 5.74) is 0.358. The van der Waals surface area contributed by atoms with Crippen molar-refractivity contribution >= 4 is 0 Å². The molecule has 0 radical (unpaired) electrons. The quantitative estimate of drug-likeness (QED) is 0.705. The summed E-state index contributed by atoms with van der Waals surface area (Å²) in [6.07, 6.45) is 5.42. The summed E-state index contributed by atoms with van der Waals surface area (Å²) in [4.78, 5) is 2.67. The van der Waals surface area contributed by atoms with E-state index in [9.17, 15) is 0 Å². The van der Waals surface area contributed by atoms with Crippen LogP contribution < -0.4 is 5.32 Å². The van der Waals surface area contributed by atoms with Crippen molar-refractivity contribution < 1.29 is 4.74 Å². The van der Waals surface area contributed by atoms with Crippen LogP contribution in [-0.2, 0) is 4.74 Å². The minimum absolute atomic E-state index is 0.358. The summed E-state index contributed by atoms with van der Waals surface area (Å²) in [5, 5.41) is 3.83. The SMILES string of the molecule is CCCC1CNC(C)(C2CC2)CN1CCOCC. The van der Waals surface area contributed by atoms with Gasteiger partial charge in [0.25, 0.3) is 0 Å². The Balaban J connectivity index is 1.89. The van der Waals surface area contributed by atoms with Crippen LogP contribution >= 0.6 is 0 Å². The molecule has 1 saturated carbocycles. The van der Waals surface area contributed by atoms with E-state index in [-0.39, 0.29) is 0 Å². The van der Waals surface area contributed by atoms with Crippen LogP contribution in [0.25, 0.3) is 0 Å². The first-order valence-corrected chi connectivity index (χ1v) is 7.76. The zero-order valence-corrected chi connectivity index (χ0v) is 12.4. The first-order chi connectivity index (χ1) is 8.69. The highest BCUT2D eigenvalue weighted by atomic mass is 16.5. The van der Waals surface area contributed by atoms with E-state index in [1.165, 1.54) is 32.2 Å². The van der Waals surface area contributed by atoms with Crippen LogP contribution in [0.3, 0.4) is 0 Å². The highest BCUT2D eigenvalue weighted by Crippen LogP contribution is 2.41. The average molecular weight is 254 g/mol. The van der Waals surface area contributed by atoms with Gasteiger partial charge in [-0.15, -0.1) is 0 Å². The Morgan fingerprint density at radius 1 is 1.33 bits per heavy atom. The third kappa shape index (κ3) is 3.46. The Morgan fingerprint density at radius 3 is 2.72 bits per heavy atom. The van der Waals surface area contributed by atoms with E-state index in [0.717, 1.165) is 32.2 Å². The first-order valence-electron chi connectivity index (χ1n) is 7.76.